The summed E-state index contributed by atoms with van der Waals surface area (Å²) < 4.78 is 93.1. The van der Waals surface area contributed by atoms with Crippen molar-refractivity contribution in [1.82, 2.24) is 34.4 Å². The molecule has 9 nitrogen and oxygen atoms in total. The molecule has 0 aliphatic heterocycles. The molecule has 8 rings (SSSR count). The van der Waals surface area contributed by atoms with Crippen LogP contribution in [0.5, 0.6) is 0 Å². The van der Waals surface area contributed by atoms with Gasteiger partial charge in [0.15, 0.2) is 0 Å². The van der Waals surface area contributed by atoms with Gasteiger partial charge in [-0.2, -0.15) is 19.0 Å². The zero-order valence-electron chi connectivity index (χ0n) is 33.6. The number of amides is 1. The molecular formula is C44H44ClF6N7O2. The van der Waals surface area contributed by atoms with Crippen LogP contribution in [0.4, 0.5) is 26.3 Å². The second kappa shape index (κ2) is 15.7. The fourth-order valence-corrected chi connectivity index (χ4v) is 9.40. The summed E-state index contributed by atoms with van der Waals surface area (Å²) in [6.07, 6.45) is 3.72. The van der Waals surface area contributed by atoms with Gasteiger partial charge in [-0.25, -0.2) is 22.5 Å². The van der Waals surface area contributed by atoms with E-state index in [0.29, 0.717) is 37.9 Å². The average Bonchev–Trinajstić information content (AvgIpc) is 3.50. The Balaban J connectivity index is 1.27. The van der Waals surface area contributed by atoms with Crippen LogP contribution in [0, 0.1) is 24.0 Å². The third-order valence-corrected chi connectivity index (χ3v) is 12.6. The van der Waals surface area contributed by atoms with Crippen LogP contribution in [0.2, 0.25) is 5.02 Å². The number of alkyl halides is 4. The van der Waals surface area contributed by atoms with Crippen molar-refractivity contribution in [3.8, 4) is 5.69 Å². The summed E-state index contributed by atoms with van der Waals surface area (Å²) in [5.74, 6) is -7.16. The SMILES string of the molecule is CCCCCCCCc1ccc2c(=O)n(-c3ccc(Cl)c4c(C)nn(C)c34)c([C@H](Cc3cc(F)cc(F)c3)NC(=O)Cn3nc(C(F)F)c4c3C(F)(F)C3(C)CC43)nc2c1. The summed E-state index contributed by atoms with van der Waals surface area (Å²) in [6.45, 7) is 4.34. The minimum atomic E-state index is -3.54. The van der Waals surface area contributed by atoms with E-state index in [1.807, 2.05) is 6.07 Å². The standard InChI is InChI=1S/C44H44ClF6N7O2/c1-5-6-7-8-9-10-11-24-12-13-28-31(18-24)53-41(58(42(28)60)33-15-14-30(45)35-23(2)54-56(4)38(33)35)32(19-25-16-26(46)20-27(47)17-25)52-34(59)22-57-39-36(37(55-57)40(48)49)29-21-43(29,3)44(39,50)51/h12-18,20,29,32,40H,5-11,19,21-22H2,1-4H3,(H,52,59)/t29?,32-,43?/m0/s1. The van der Waals surface area contributed by atoms with E-state index in [1.54, 1.807) is 42.9 Å². The molecule has 1 amide bonds. The Kier molecular flexibility index (Phi) is 10.9. The molecule has 6 aromatic rings. The number of aromatic nitrogens is 6. The van der Waals surface area contributed by atoms with Gasteiger partial charge in [-0.3, -0.25) is 23.5 Å². The molecule has 0 spiro atoms. The van der Waals surface area contributed by atoms with Gasteiger partial charge in [0, 0.05) is 41.8 Å². The molecule has 2 unspecified atom stereocenters. The van der Waals surface area contributed by atoms with Gasteiger partial charge in [0.25, 0.3) is 17.9 Å². The van der Waals surface area contributed by atoms with Crippen molar-refractivity contribution in [2.45, 2.75) is 109 Å². The van der Waals surface area contributed by atoms with Crippen molar-refractivity contribution in [3.63, 3.8) is 0 Å². The second-order valence-electron chi connectivity index (χ2n) is 16.4. The van der Waals surface area contributed by atoms with Crippen molar-refractivity contribution < 1.29 is 31.1 Å². The van der Waals surface area contributed by atoms with Crippen molar-refractivity contribution in [1.29, 1.82) is 0 Å². The summed E-state index contributed by atoms with van der Waals surface area (Å²) in [4.78, 5) is 34.1. The number of carbonyl (C=O) groups excluding carboxylic acids is 1. The van der Waals surface area contributed by atoms with Crippen molar-refractivity contribution in [2.75, 3.05) is 0 Å². The maximum Gasteiger partial charge on any atom is 0.295 e. The molecule has 0 saturated heterocycles. The Labute approximate surface area is 346 Å². The van der Waals surface area contributed by atoms with Gasteiger partial charge in [-0.05, 0) is 73.7 Å². The van der Waals surface area contributed by atoms with E-state index in [0.717, 1.165) is 56.2 Å². The Hall–Kier alpha value is -5.18. The van der Waals surface area contributed by atoms with Gasteiger partial charge in [0.2, 0.25) is 5.91 Å². The van der Waals surface area contributed by atoms with Crippen LogP contribution in [0.3, 0.4) is 0 Å². The molecule has 60 heavy (non-hydrogen) atoms. The number of hydrogen-bond acceptors (Lipinski definition) is 5. The minimum absolute atomic E-state index is 0.0108. The highest BCUT2D eigenvalue weighted by Crippen LogP contribution is 2.76. The summed E-state index contributed by atoms with van der Waals surface area (Å²) in [7, 11) is 1.67. The van der Waals surface area contributed by atoms with Gasteiger partial charge in [-0.15, -0.1) is 0 Å². The first-order chi connectivity index (χ1) is 28.5. The smallest absolute Gasteiger partial charge is 0.295 e. The molecule has 1 N–H and O–H groups in total. The number of fused-ring (bicyclic) bond motifs is 5. The number of aryl methyl sites for hydroxylation is 3. The van der Waals surface area contributed by atoms with E-state index < -0.39 is 70.8 Å². The number of halogens is 7. The van der Waals surface area contributed by atoms with Crippen molar-refractivity contribution in [2.24, 2.45) is 12.5 Å². The number of nitrogens with zero attached hydrogens (tertiary/aromatic N) is 6. The number of hydrogen-bond donors (Lipinski definition) is 1. The first-order valence-electron chi connectivity index (χ1n) is 20.2. The van der Waals surface area contributed by atoms with Crippen LogP contribution >= 0.6 is 11.6 Å². The Morgan fingerprint density at radius 1 is 0.983 bits per heavy atom. The summed E-state index contributed by atoms with van der Waals surface area (Å²) >= 11 is 6.66. The molecule has 316 valence electrons. The quantitative estimate of drug-likeness (QED) is 0.0820. The monoisotopic (exact) mass is 851 g/mol. The Morgan fingerprint density at radius 2 is 1.70 bits per heavy atom. The summed E-state index contributed by atoms with van der Waals surface area (Å²) in [5, 5.41) is 12.3. The van der Waals surface area contributed by atoms with Gasteiger partial charge < -0.3 is 5.32 Å². The van der Waals surface area contributed by atoms with E-state index in [4.69, 9.17) is 16.6 Å². The van der Waals surface area contributed by atoms with Crippen molar-refractivity contribution >= 4 is 39.3 Å². The van der Waals surface area contributed by atoms with Gasteiger partial charge in [0.1, 0.15) is 35.4 Å². The molecule has 1 saturated carbocycles. The lowest BCUT2D eigenvalue weighted by molar-refractivity contribution is -0.123. The first kappa shape index (κ1) is 41.5. The molecule has 3 aromatic heterocycles. The zero-order chi connectivity index (χ0) is 42.8. The van der Waals surface area contributed by atoms with Gasteiger partial charge in [0.05, 0.1) is 38.9 Å². The molecular weight excluding hydrogens is 808 g/mol. The number of rotatable bonds is 15. The van der Waals surface area contributed by atoms with Crippen LogP contribution < -0.4 is 10.9 Å². The number of benzene rings is 3. The van der Waals surface area contributed by atoms with Crippen LogP contribution in [0.1, 0.15) is 117 Å². The zero-order valence-corrected chi connectivity index (χ0v) is 34.3. The van der Waals surface area contributed by atoms with E-state index in [1.165, 1.54) is 17.9 Å². The fourth-order valence-electron chi connectivity index (χ4n) is 9.11. The van der Waals surface area contributed by atoms with E-state index in [-0.39, 0.29) is 40.9 Å². The Morgan fingerprint density at radius 3 is 2.42 bits per heavy atom. The predicted octanol–water partition coefficient (Wildman–Crippen LogP) is 10.2. The maximum absolute atomic E-state index is 15.9. The van der Waals surface area contributed by atoms with Crippen molar-refractivity contribution in [3.05, 3.63) is 115 Å². The number of unbranched alkanes of at least 4 members (excludes halogenated alkanes) is 5. The van der Waals surface area contributed by atoms with Gasteiger partial charge in [-0.1, -0.05) is 63.6 Å². The first-order valence-corrected chi connectivity index (χ1v) is 20.6. The third kappa shape index (κ3) is 7.15. The van der Waals surface area contributed by atoms with E-state index in [2.05, 4.69) is 22.4 Å². The topological polar surface area (TPSA) is 99.6 Å². The molecule has 0 radical (unpaired) electrons. The summed E-state index contributed by atoms with van der Waals surface area (Å²) in [6, 6.07) is 10.0. The molecule has 2 aliphatic carbocycles. The maximum atomic E-state index is 15.9. The third-order valence-electron chi connectivity index (χ3n) is 12.2. The lowest BCUT2D eigenvalue weighted by atomic mass is 10.0. The molecule has 3 heterocycles. The lowest BCUT2D eigenvalue weighted by Crippen LogP contribution is -2.38. The van der Waals surface area contributed by atoms with E-state index >= 15 is 8.78 Å². The van der Waals surface area contributed by atoms with Crippen LogP contribution in [0.25, 0.3) is 27.5 Å². The molecule has 3 aromatic carbocycles. The summed E-state index contributed by atoms with van der Waals surface area (Å²) in [5.41, 5.74) is -1.27. The normalized spacial score (nSPS) is 18.4. The largest absolute Gasteiger partial charge is 0.344 e. The highest BCUT2D eigenvalue weighted by atomic mass is 35.5. The predicted molar refractivity (Wildman–Crippen MR) is 216 cm³/mol. The molecule has 16 heteroatoms. The van der Waals surface area contributed by atoms with Crippen LogP contribution in [-0.2, 0) is 37.2 Å². The average molecular weight is 852 g/mol. The van der Waals surface area contributed by atoms with Gasteiger partial charge >= 0.3 is 0 Å². The molecule has 2 aliphatic rings. The number of nitrogens with one attached hydrogen (secondary N) is 1. The Bertz CT molecular complexity index is 2710. The minimum Gasteiger partial charge on any atom is -0.344 e. The van der Waals surface area contributed by atoms with Crippen LogP contribution in [-0.4, -0.2) is 35.0 Å². The lowest BCUT2D eigenvalue weighted by Gasteiger charge is -2.25. The second-order valence-corrected chi connectivity index (χ2v) is 16.8. The number of carbonyl (C=O) groups is 1. The fraction of sp³-hybridized carbons (Fsp3) is 0.432. The molecule has 0 bridgehead atoms. The highest BCUT2D eigenvalue weighted by Gasteiger charge is 2.75. The molecule has 3 atom stereocenters. The van der Waals surface area contributed by atoms with E-state index in [9.17, 15) is 27.2 Å². The molecule has 1 fully saturated rings. The highest BCUT2D eigenvalue weighted by molar-refractivity contribution is 6.36. The van der Waals surface area contributed by atoms with Crippen LogP contribution in [0.15, 0.2) is 53.3 Å².